The van der Waals surface area contributed by atoms with Gasteiger partial charge in [-0.2, -0.15) is 5.10 Å². The number of benzene rings is 2. The second-order valence-electron chi connectivity index (χ2n) is 5.33. The number of rotatable bonds is 6. The van der Waals surface area contributed by atoms with Gasteiger partial charge in [-0.15, -0.1) is 0 Å². The average Bonchev–Trinajstić information content (AvgIpc) is 3.20. The Hall–Kier alpha value is -3.34. The van der Waals surface area contributed by atoms with Crippen LogP contribution < -0.4 is 4.74 Å². The number of aromatic nitrogens is 2. The molecule has 5 nitrogen and oxygen atoms in total. The number of hydrogen-bond donors (Lipinski definition) is 0. The van der Waals surface area contributed by atoms with Gasteiger partial charge in [-0.05, 0) is 47.5 Å². The summed E-state index contributed by atoms with van der Waals surface area (Å²) in [6.45, 7) is 0.227. The fourth-order valence-corrected chi connectivity index (χ4v) is 2.25. The Morgan fingerprint density at radius 3 is 2.52 bits per heavy atom. The molecule has 0 aliphatic rings. The van der Waals surface area contributed by atoms with Gasteiger partial charge in [0.2, 0.25) is 0 Å². The molecule has 0 fully saturated rings. The number of nitrogens with zero attached hydrogens (tertiary/aromatic N) is 2. The van der Waals surface area contributed by atoms with Crippen LogP contribution in [0.3, 0.4) is 0 Å². The Labute approximate surface area is 146 Å². The van der Waals surface area contributed by atoms with Crippen molar-refractivity contribution in [3.63, 3.8) is 0 Å². The van der Waals surface area contributed by atoms with Crippen LogP contribution in [0.5, 0.6) is 5.75 Å². The van der Waals surface area contributed by atoms with Crippen LogP contribution in [0.1, 0.15) is 11.1 Å². The molecule has 0 spiro atoms. The Bertz CT molecular complexity index is 836. The average molecular weight is 334 g/mol. The van der Waals surface area contributed by atoms with Gasteiger partial charge in [0.05, 0.1) is 12.8 Å². The zero-order valence-corrected chi connectivity index (χ0v) is 13.8. The molecule has 1 aromatic heterocycles. The van der Waals surface area contributed by atoms with E-state index in [0.717, 1.165) is 22.6 Å². The lowest BCUT2D eigenvalue weighted by molar-refractivity contribution is -0.138. The van der Waals surface area contributed by atoms with Crippen LogP contribution in [0, 0.1) is 0 Å². The zero-order chi connectivity index (χ0) is 17.5. The molecule has 25 heavy (non-hydrogen) atoms. The maximum Gasteiger partial charge on any atom is 0.331 e. The van der Waals surface area contributed by atoms with Crippen LogP contribution >= 0.6 is 0 Å². The normalized spacial score (nSPS) is 10.8. The third-order valence-electron chi connectivity index (χ3n) is 3.61. The number of esters is 1. The summed E-state index contributed by atoms with van der Waals surface area (Å²) in [5, 5.41) is 4.17. The van der Waals surface area contributed by atoms with E-state index in [-0.39, 0.29) is 12.6 Å². The van der Waals surface area contributed by atoms with Crippen molar-refractivity contribution in [1.29, 1.82) is 0 Å². The highest BCUT2D eigenvalue weighted by molar-refractivity contribution is 5.87. The Kier molecular flexibility index (Phi) is 5.26. The highest BCUT2D eigenvalue weighted by Crippen LogP contribution is 2.13. The SMILES string of the molecule is COc1ccc(/C=C/C(=O)OCc2ccc(-n3cccn3)cc2)cc1. The number of methoxy groups -OCH3 is 1. The lowest BCUT2D eigenvalue weighted by Gasteiger charge is -2.05. The van der Waals surface area contributed by atoms with E-state index in [0.29, 0.717) is 0 Å². The molecule has 3 rings (SSSR count). The fourth-order valence-electron chi connectivity index (χ4n) is 2.25. The number of ether oxygens (including phenoxy) is 2. The first-order chi connectivity index (χ1) is 12.2. The topological polar surface area (TPSA) is 53.4 Å². The molecular formula is C20H18N2O3. The second kappa shape index (κ2) is 7.97. The summed E-state index contributed by atoms with van der Waals surface area (Å²) >= 11 is 0. The van der Waals surface area contributed by atoms with Gasteiger partial charge in [-0.25, -0.2) is 9.48 Å². The first kappa shape index (κ1) is 16.5. The Morgan fingerprint density at radius 2 is 1.88 bits per heavy atom. The molecule has 0 aliphatic carbocycles. The van der Waals surface area contributed by atoms with Crippen molar-refractivity contribution in [3.05, 3.63) is 84.2 Å². The summed E-state index contributed by atoms with van der Waals surface area (Å²) in [7, 11) is 1.61. The molecule has 0 radical (unpaired) electrons. The Morgan fingerprint density at radius 1 is 1.12 bits per heavy atom. The highest BCUT2D eigenvalue weighted by atomic mass is 16.5. The van der Waals surface area contributed by atoms with Gasteiger partial charge in [-0.3, -0.25) is 0 Å². The lowest BCUT2D eigenvalue weighted by Crippen LogP contribution is -2.01. The molecule has 2 aromatic carbocycles. The van der Waals surface area contributed by atoms with Gasteiger partial charge in [0.15, 0.2) is 0 Å². The van der Waals surface area contributed by atoms with E-state index in [2.05, 4.69) is 5.10 Å². The van der Waals surface area contributed by atoms with Crippen molar-refractivity contribution >= 4 is 12.0 Å². The maximum absolute atomic E-state index is 11.8. The van der Waals surface area contributed by atoms with Crippen molar-refractivity contribution in [2.45, 2.75) is 6.61 Å². The molecule has 0 N–H and O–H groups in total. The van der Waals surface area contributed by atoms with Gasteiger partial charge in [0.1, 0.15) is 12.4 Å². The molecule has 0 aliphatic heterocycles. The number of hydrogen-bond acceptors (Lipinski definition) is 4. The molecule has 0 amide bonds. The molecule has 0 atom stereocenters. The number of carbonyl (C=O) groups excluding carboxylic acids is 1. The minimum absolute atomic E-state index is 0.227. The standard InChI is InChI=1S/C20H18N2O3/c1-24-19-10-5-16(6-11-19)7-12-20(23)25-15-17-3-8-18(9-4-17)22-14-2-13-21-22/h2-14H,15H2,1H3/b12-7+. The third kappa shape index (κ3) is 4.57. The zero-order valence-electron chi connectivity index (χ0n) is 13.8. The predicted molar refractivity (Wildman–Crippen MR) is 95.4 cm³/mol. The van der Waals surface area contributed by atoms with E-state index < -0.39 is 0 Å². The number of carbonyl (C=O) groups is 1. The summed E-state index contributed by atoms with van der Waals surface area (Å²) < 4.78 is 12.1. The van der Waals surface area contributed by atoms with Gasteiger partial charge >= 0.3 is 5.97 Å². The van der Waals surface area contributed by atoms with Crippen molar-refractivity contribution in [2.75, 3.05) is 7.11 Å². The van der Waals surface area contributed by atoms with Crippen molar-refractivity contribution in [1.82, 2.24) is 9.78 Å². The molecule has 0 unspecified atom stereocenters. The predicted octanol–water partition coefficient (Wildman–Crippen LogP) is 3.64. The maximum atomic E-state index is 11.8. The van der Waals surface area contributed by atoms with Crippen LogP contribution in [0.2, 0.25) is 0 Å². The summed E-state index contributed by atoms with van der Waals surface area (Å²) in [6.07, 6.45) is 6.73. The van der Waals surface area contributed by atoms with E-state index in [4.69, 9.17) is 9.47 Å². The van der Waals surface area contributed by atoms with Crippen LogP contribution in [0.4, 0.5) is 0 Å². The summed E-state index contributed by atoms with van der Waals surface area (Å²) in [4.78, 5) is 11.8. The molecule has 126 valence electrons. The van der Waals surface area contributed by atoms with Gasteiger partial charge in [0, 0.05) is 18.5 Å². The minimum Gasteiger partial charge on any atom is -0.497 e. The summed E-state index contributed by atoms with van der Waals surface area (Å²) in [6, 6.07) is 17.0. The molecule has 0 saturated carbocycles. The monoisotopic (exact) mass is 334 g/mol. The quantitative estimate of drug-likeness (QED) is 0.510. The van der Waals surface area contributed by atoms with Crippen LogP contribution in [0.25, 0.3) is 11.8 Å². The van der Waals surface area contributed by atoms with Crippen molar-refractivity contribution < 1.29 is 14.3 Å². The molecule has 1 heterocycles. The van der Waals surface area contributed by atoms with Crippen LogP contribution in [-0.4, -0.2) is 22.9 Å². The van der Waals surface area contributed by atoms with Crippen molar-refractivity contribution in [2.24, 2.45) is 0 Å². The lowest BCUT2D eigenvalue weighted by atomic mass is 10.2. The third-order valence-corrected chi connectivity index (χ3v) is 3.61. The van der Waals surface area contributed by atoms with E-state index >= 15 is 0 Å². The van der Waals surface area contributed by atoms with Crippen molar-refractivity contribution in [3.8, 4) is 11.4 Å². The van der Waals surface area contributed by atoms with Gasteiger partial charge < -0.3 is 9.47 Å². The fraction of sp³-hybridized carbons (Fsp3) is 0.100. The van der Waals surface area contributed by atoms with Gasteiger partial charge in [-0.1, -0.05) is 24.3 Å². The summed E-state index contributed by atoms with van der Waals surface area (Å²) in [5.74, 6) is 0.394. The molecule has 5 heteroatoms. The first-order valence-corrected chi connectivity index (χ1v) is 7.82. The minimum atomic E-state index is -0.382. The van der Waals surface area contributed by atoms with Crippen LogP contribution in [-0.2, 0) is 16.1 Å². The Balaban J connectivity index is 1.52. The molecule has 3 aromatic rings. The second-order valence-corrected chi connectivity index (χ2v) is 5.33. The molecular weight excluding hydrogens is 316 g/mol. The van der Waals surface area contributed by atoms with Gasteiger partial charge in [0.25, 0.3) is 0 Å². The first-order valence-electron chi connectivity index (χ1n) is 7.82. The van der Waals surface area contributed by atoms with E-state index in [9.17, 15) is 4.79 Å². The van der Waals surface area contributed by atoms with Crippen LogP contribution in [0.15, 0.2) is 73.1 Å². The smallest absolute Gasteiger partial charge is 0.331 e. The van der Waals surface area contributed by atoms with E-state index in [1.807, 2.05) is 60.8 Å². The van der Waals surface area contributed by atoms with E-state index in [1.165, 1.54) is 6.08 Å². The molecule has 0 saturated heterocycles. The molecule has 0 bridgehead atoms. The highest BCUT2D eigenvalue weighted by Gasteiger charge is 2.01. The summed E-state index contributed by atoms with van der Waals surface area (Å²) in [5.41, 5.74) is 2.78. The largest absolute Gasteiger partial charge is 0.497 e. The van der Waals surface area contributed by atoms with E-state index in [1.54, 1.807) is 24.1 Å².